The maximum absolute atomic E-state index is 13.0. The van der Waals surface area contributed by atoms with E-state index in [9.17, 15) is 4.39 Å². The molecule has 0 fully saturated rings. The molecule has 0 saturated heterocycles. The van der Waals surface area contributed by atoms with Gasteiger partial charge in [0.15, 0.2) is 0 Å². The predicted octanol–water partition coefficient (Wildman–Crippen LogP) is 2.83. The Morgan fingerprint density at radius 1 is 1.25 bits per heavy atom. The van der Waals surface area contributed by atoms with Crippen LogP contribution in [0.3, 0.4) is 0 Å². The standard InChI is InChI=1S/C14H11FN4O/c1-8-3-2-6-17-12(8)13-18-14(20-19-13)10-5-4-9(15)7-11(10)16/h2-7H,16H2,1H3. The lowest BCUT2D eigenvalue weighted by Gasteiger charge is -1.99. The number of aryl methyl sites for hydroxylation is 1. The molecule has 3 aromatic rings. The first kappa shape index (κ1) is 12.3. The summed E-state index contributed by atoms with van der Waals surface area (Å²) in [4.78, 5) is 8.48. The summed E-state index contributed by atoms with van der Waals surface area (Å²) in [5.41, 5.74) is 8.07. The molecule has 2 aromatic heterocycles. The van der Waals surface area contributed by atoms with E-state index >= 15 is 0 Å². The van der Waals surface area contributed by atoms with Crippen molar-refractivity contribution in [3.63, 3.8) is 0 Å². The molecule has 0 aliphatic rings. The Morgan fingerprint density at radius 3 is 2.85 bits per heavy atom. The number of hydrogen-bond acceptors (Lipinski definition) is 5. The Kier molecular flexibility index (Phi) is 2.90. The highest BCUT2D eigenvalue weighted by Crippen LogP contribution is 2.27. The summed E-state index contributed by atoms with van der Waals surface area (Å²) in [6, 6.07) is 7.75. The molecule has 2 N–H and O–H groups in total. The lowest BCUT2D eigenvalue weighted by atomic mass is 10.1. The highest BCUT2D eigenvalue weighted by atomic mass is 19.1. The third-order valence-corrected chi connectivity index (χ3v) is 2.89. The maximum Gasteiger partial charge on any atom is 0.260 e. The Hall–Kier alpha value is -2.76. The summed E-state index contributed by atoms with van der Waals surface area (Å²) >= 11 is 0. The van der Waals surface area contributed by atoms with Crippen molar-refractivity contribution >= 4 is 5.69 Å². The molecule has 100 valence electrons. The number of nitrogens with two attached hydrogens (primary N) is 1. The Bertz CT molecular complexity index is 769. The van der Waals surface area contributed by atoms with Gasteiger partial charge in [-0.05, 0) is 36.8 Å². The van der Waals surface area contributed by atoms with Crippen LogP contribution in [0.5, 0.6) is 0 Å². The SMILES string of the molecule is Cc1cccnc1-c1noc(-c2ccc(F)cc2N)n1. The van der Waals surface area contributed by atoms with Crippen molar-refractivity contribution in [1.29, 1.82) is 0 Å². The largest absolute Gasteiger partial charge is 0.398 e. The molecule has 3 rings (SSSR count). The molecule has 0 saturated carbocycles. The van der Waals surface area contributed by atoms with E-state index in [2.05, 4.69) is 15.1 Å². The average molecular weight is 270 g/mol. The van der Waals surface area contributed by atoms with Crippen LogP contribution in [-0.4, -0.2) is 15.1 Å². The zero-order valence-electron chi connectivity index (χ0n) is 10.7. The van der Waals surface area contributed by atoms with E-state index in [1.54, 1.807) is 6.20 Å². The van der Waals surface area contributed by atoms with Gasteiger partial charge in [-0.25, -0.2) is 4.39 Å². The number of hydrogen-bond donors (Lipinski definition) is 1. The molecule has 0 aliphatic carbocycles. The third-order valence-electron chi connectivity index (χ3n) is 2.89. The van der Waals surface area contributed by atoms with Crippen molar-refractivity contribution in [2.24, 2.45) is 0 Å². The minimum atomic E-state index is -0.411. The fourth-order valence-electron chi connectivity index (χ4n) is 1.88. The van der Waals surface area contributed by atoms with Gasteiger partial charge in [0, 0.05) is 11.9 Å². The molecule has 0 spiro atoms. The quantitative estimate of drug-likeness (QED) is 0.724. The van der Waals surface area contributed by atoms with E-state index in [0.717, 1.165) is 5.56 Å². The van der Waals surface area contributed by atoms with Crippen molar-refractivity contribution in [2.45, 2.75) is 6.92 Å². The minimum Gasteiger partial charge on any atom is -0.398 e. The van der Waals surface area contributed by atoms with Gasteiger partial charge in [-0.1, -0.05) is 11.2 Å². The van der Waals surface area contributed by atoms with Gasteiger partial charge in [-0.2, -0.15) is 4.98 Å². The van der Waals surface area contributed by atoms with Crippen LogP contribution in [0.25, 0.3) is 23.0 Å². The van der Waals surface area contributed by atoms with Crippen LogP contribution in [0.2, 0.25) is 0 Å². The summed E-state index contributed by atoms with van der Waals surface area (Å²) in [6.07, 6.45) is 1.66. The van der Waals surface area contributed by atoms with E-state index < -0.39 is 5.82 Å². The number of nitrogen functional groups attached to an aromatic ring is 1. The third kappa shape index (κ3) is 2.11. The van der Waals surface area contributed by atoms with E-state index in [1.807, 2.05) is 19.1 Å². The molecule has 1 aromatic carbocycles. The van der Waals surface area contributed by atoms with Crippen molar-refractivity contribution in [3.05, 3.63) is 47.9 Å². The Labute approximate surface area is 114 Å². The van der Waals surface area contributed by atoms with Gasteiger partial charge in [-0.15, -0.1) is 0 Å². The lowest BCUT2D eigenvalue weighted by molar-refractivity contribution is 0.432. The predicted molar refractivity (Wildman–Crippen MR) is 72.1 cm³/mol. The highest BCUT2D eigenvalue weighted by Gasteiger charge is 2.15. The second kappa shape index (κ2) is 4.73. The summed E-state index contributed by atoms with van der Waals surface area (Å²) in [5.74, 6) is 0.205. The second-order valence-corrected chi connectivity index (χ2v) is 4.32. The smallest absolute Gasteiger partial charge is 0.260 e. The maximum atomic E-state index is 13.0. The Morgan fingerprint density at radius 2 is 2.10 bits per heavy atom. The molecular weight excluding hydrogens is 259 g/mol. The molecule has 6 heteroatoms. The summed E-state index contributed by atoms with van der Waals surface area (Å²) in [7, 11) is 0. The van der Waals surface area contributed by atoms with E-state index in [-0.39, 0.29) is 11.6 Å². The first-order valence-electron chi connectivity index (χ1n) is 5.96. The average Bonchev–Trinajstić information content (AvgIpc) is 2.88. The summed E-state index contributed by atoms with van der Waals surface area (Å²) < 4.78 is 18.2. The molecule has 0 amide bonds. The first-order valence-corrected chi connectivity index (χ1v) is 5.96. The normalized spacial score (nSPS) is 10.7. The summed E-state index contributed by atoms with van der Waals surface area (Å²) in [5, 5.41) is 3.89. The molecule has 0 aliphatic heterocycles. The van der Waals surface area contributed by atoms with Crippen LogP contribution in [0.4, 0.5) is 10.1 Å². The lowest BCUT2D eigenvalue weighted by Crippen LogP contribution is -1.92. The van der Waals surface area contributed by atoms with Crippen molar-refractivity contribution in [3.8, 4) is 23.0 Å². The minimum absolute atomic E-state index is 0.238. The van der Waals surface area contributed by atoms with Crippen LogP contribution in [-0.2, 0) is 0 Å². The van der Waals surface area contributed by atoms with Gasteiger partial charge in [0.05, 0.1) is 5.56 Å². The van der Waals surface area contributed by atoms with Gasteiger partial charge < -0.3 is 10.3 Å². The van der Waals surface area contributed by atoms with Crippen molar-refractivity contribution in [2.75, 3.05) is 5.73 Å². The first-order chi connectivity index (χ1) is 9.65. The molecule has 0 radical (unpaired) electrons. The van der Waals surface area contributed by atoms with Gasteiger partial charge in [0.25, 0.3) is 5.89 Å². The fraction of sp³-hybridized carbons (Fsp3) is 0.0714. The topological polar surface area (TPSA) is 77.8 Å². The van der Waals surface area contributed by atoms with E-state index in [1.165, 1.54) is 18.2 Å². The molecular formula is C14H11FN4O. The zero-order valence-corrected chi connectivity index (χ0v) is 10.7. The van der Waals surface area contributed by atoms with Gasteiger partial charge in [0.1, 0.15) is 11.5 Å². The summed E-state index contributed by atoms with van der Waals surface area (Å²) in [6.45, 7) is 1.91. The highest BCUT2D eigenvalue weighted by molar-refractivity contribution is 5.71. The molecule has 5 nitrogen and oxygen atoms in total. The van der Waals surface area contributed by atoms with Gasteiger partial charge >= 0.3 is 0 Å². The molecule has 0 atom stereocenters. The number of anilines is 1. The number of rotatable bonds is 2. The monoisotopic (exact) mass is 270 g/mol. The molecule has 2 heterocycles. The number of aromatic nitrogens is 3. The van der Waals surface area contributed by atoms with E-state index in [0.29, 0.717) is 17.1 Å². The van der Waals surface area contributed by atoms with Gasteiger partial charge in [0.2, 0.25) is 5.82 Å². The van der Waals surface area contributed by atoms with Gasteiger partial charge in [-0.3, -0.25) is 4.98 Å². The van der Waals surface area contributed by atoms with Crippen LogP contribution < -0.4 is 5.73 Å². The van der Waals surface area contributed by atoms with Crippen LogP contribution >= 0.6 is 0 Å². The molecule has 0 bridgehead atoms. The van der Waals surface area contributed by atoms with Crippen LogP contribution in [0.1, 0.15) is 5.56 Å². The fourth-order valence-corrected chi connectivity index (χ4v) is 1.88. The number of pyridine rings is 1. The van der Waals surface area contributed by atoms with Crippen LogP contribution in [0, 0.1) is 12.7 Å². The second-order valence-electron chi connectivity index (χ2n) is 4.32. The van der Waals surface area contributed by atoms with Crippen molar-refractivity contribution < 1.29 is 8.91 Å². The van der Waals surface area contributed by atoms with Crippen molar-refractivity contribution in [1.82, 2.24) is 15.1 Å². The zero-order chi connectivity index (χ0) is 14.1. The molecule has 0 unspecified atom stereocenters. The number of benzene rings is 1. The van der Waals surface area contributed by atoms with E-state index in [4.69, 9.17) is 10.3 Å². The Balaban J connectivity index is 2.04. The van der Waals surface area contributed by atoms with Crippen LogP contribution in [0.15, 0.2) is 41.1 Å². The number of halogens is 1. The molecule has 20 heavy (non-hydrogen) atoms. The number of nitrogens with zero attached hydrogens (tertiary/aromatic N) is 3.